The molecule has 25 heavy (non-hydrogen) atoms. The summed E-state index contributed by atoms with van der Waals surface area (Å²) in [7, 11) is 2.07. The number of nitrogens with one attached hydrogen (secondary N) is 1. The third-order valence-electron chi connectivity index (χ3n) is 4.75. The lowest BCUT2D eigenvalue weighted by atomic mass is 9.92. The highest BCUT2D eigenvalue weighted by Gasteiger charge is 2.24. The normalized spacial score (nSPS) is 21.3. The van der Waals surface area contributed by atoms with Crippen LogP contribution in [0.15, 0.2) is 29.3 Å². The molecule has 2 atom stereocenters. The molecule has 1 aliphatic heterocycles. The van der Waals surface area contributed by atoms with Crippen molar-refractivity contribution in [2.45, 2.75) is 33.7 Å². The van der Waals surface area contributed by atoms with E-state index in [1.165, 1.54) is 6.42 Å². The van der Waals surface area contributed by atoms with E-state index < -0.39 is 0 Å². The van der Waals surface area contributed by atoms with E-state index in [-0.39, 0.29) is 24.0 Å². The average Bonchev–Trinajstić information content (AvgIpc) is 2.87. The molecule has 0 amide bonds. The summed E-state index contributed by atoms with van der Waals surface area (Å²) in [6.07, 6.45) is 1.31. The van der Waals surface area contributed by atoms with Crippen LogP contribution in [0.2, 0.25) is 0 Å². The van der Waals surface area contributed by atoms with Crippen molar-refractivity contribution in [2.24, 2.45) is 23.9 Å². The summed E-state index contributed by atoms with van der Waals surface area (Å²) in [6.45, 7) is 10.4. The van der Waals surface area contributed by atoms with E-state index >= 15 is 0 Å². The molecule has 1 N–H and O–H groups in total. The van der Waals surface area contributed by atoms with Crippen LogP contribution in [0.4, 0.5) is 0 Å². The number of halogens is 1. The van der Waals surface area contributed by atoms with Crippen molar-refractivity contribution in [1.29, 1.82) is 0 Å². The molecule has 2 aromatic rings. The van der Waals surface area contributed by atoms with Gasteiger partial charge in [0.25, 0.3) is 0 Å². The van der Waals surface area contributed by atoms with Gasteiger partial charge in [-0.15, -0.1) is 24.0 Å². The highest BCUT2D eigenvalue weighted by Crippen LogP contribution is 2.21. The second-order valence-corrected chi connectivity index (χ2v) is 7.10. The summed E-state index contributed by atoms with van der Waals surface area (Å²) in [6, 6.07) is 8.25. The van der Waals surface area contributed by atoms with E-state index in [4.69, 9.17) is 9.98 Å². The van der Waals surface area contributed by atoms with Gasteiger partial charge in [0.05, 0.1) is 11.0 Å². The molecule has 1 fully saturated rings. The zero-order valence-electron chi connectivity index (χ0n) is 15.7. The molecule has 138 valence electrons. The molecule has 1 aliphatic rings. The minimum absolute atomic E-state index is 0. The molecule has 6 heteroatoms. The van der Waals surface area contributed by atoms with Gasteiger partial charge < -0.3 is 14.8 Å². The monoisotopic (exact) mass is 455 g/mol. The van der Waals surface area contributed by atoms with Crippen molar-refractivity contribution in [3.05, 3.63) is 30.1 Å². The van der Waals surface area contributed by atoms with E-state index in [9.17, 15) is 0 Å². The smallest absolute Gasteiger partial charge is 0.194 e. The van der Waals surface area contributed by atoms with Crippen LogP contribution in [-0.4, -0.2) is 40.0 Å². The average molecular weight is 455 g/mol. The molecule has 0 saturated carbocycles. The lowest BCUT2D eigenvalue weighted by molar-refractivity contribution is 0.208. The van der Waals surface area contributed by atoms with Gasteiger partial charge in [-0.05, 0) is 37.3 Å². The Morgan fingerprint density at radius 1 is 1.24 bits per heavy atom. The Hall–Kier alpha value is -1.31. The number of piperidine rings is 1. The molecule has 0 aliphatic carbocycles. The fourth-order valence-corrected chi connectivity index (χ4v) is 3.74. The first-order valence-electron chi connectivity index (χ1n) is 9.02. The number of hydrogen-bond donors (Lipinski definition) is 1. The first-order valence-corrected chi connectivity index (χ1v) is 9.02. The Balaban J connectivity index is 0.00000225. The SMILES string of the molecule is CCNC(=NCc1nc2ccccc2n1C)N1CC(C)CC(C)C1.I. The molecule has 1 aromatic heterocycles. The largest absolute Gasteiger partial charge is 0.357 e. The van der Waals surface area contributed by atoms with Crippen LogP contribution in [0.1, 0.15) is 33.0 Å². The van der Waals surface area contributed by atoms with E-state index in [1.807, 2.05) is 6.07 Å². The zero-order valence-corrected chi connectivity index (χ0v) is 18.0. The molecule has 2 unspecified atom stereocenters. The first-order chi connectivity index (χ1) is 11.6. The fourth-order valence-electron chi connectivity index (χ4n) is 3.74. The lowest BCUT2D eigenvalue weighted by Crippen LogP contribution is -2.48. The number of aryl methyl sites for hydroxylation is 1. The van der Waals surface area contributed by atoms with Gasteiger partial charge in [-0.25, -0.2) is 9.98 Å². The second-order valence-electron chi connectivity index (χ2n) is 7.10. The Morgan fingerprint density at radius 3 is 2.56 bits per heavy atom. The second kappa shape index (κ2) is 8.87. The summed E-state index contributed by atoms with van der Waals surface area (Å²) in [4.78, 5) is 12.0. The van der Waals surface area contributed by atoms with Crippen molar-refractivity contribution in [1.82, 2.24) is 19.8 Å². The van der Waals surface area contributed by atoms with Crippen LogP contribution in [0.25, 0.3) is 11.0 Å². The van der Waals surface area contributed by atoms with Crippen LogP contribution in [-0.2, 0) is 13.6 Å². The van der Waals surface area contributed by atoms with Gasteiger partial charge in [0.1, 0.15) is 12.4 Å². The van der Waals surface area contributed by atoms with E-state index in [1.54, 1.807) is 0 Å². The van der Waals surface area contributed by atoms with Gasteiger partial charge in [0.2, 0.25) is 0 Å². The van der Waals surface area contributed by atoms with Crippen LogP contribution in [0.3, 0.4) is 0 Å². The number of hydrogen-bond acceptors (Lipinski definition) is 2. The van der Waals surface area contributed by atoms with Crippen molar-refractivity contribution >= 4 is 41.0 Å². The van der Waals surface area contributed by atoms with Crippen LogP contribution in [0, 0.1) is 11.8 Å². The minimum Gasteiger partial charge on any atom is -0.357 e. The molecule has 0 spiro atoms. The van der Waals surface area contributed by atoms with E-state index in [0.717, 1.165) is 42.5 Å². The molecule has 3 rings (SSSR count). The third-order valence-corrected chi connectivity index (χ3v) is 4.75. The lowest BCUT2D eigenvalue weighted by Gasteiger charge is -2.37. The topological polar surface area (TPSA) is 45.5 Å². The summed E-state index contributed by atoms with van der Waals surface area (Å²) in [5.41, 5.74) is 2.20. The summed E-state index contributed by atoms with van der Waals surface area (Å²) in [5.74, 6) is 3.45. The number of aliphatic imine (C=N–C) groups is 1. The predicted octanol–water partition coefficient (Wildman–Crippen LogP) is 3.63. The molecule has 0 radical (unpaired) electrons. The van der Waals surface area contributed by atoms with Crippen LogP contribution in [0.5, 0.6) is 0 Å². The Morgan fingerprint density at radius 2 is 1.92 bits per heavy atom. The van der Waals surface area contributed by atoms with Gasteiger partial charge in [0, 0.05) is 26.7 Å². The van der Waals surface area contributed by atoms with Crippen molar-refractivity contribution in [3.8, 4) is 0 Å². The number of benzene rings is 1. The maximum absolute atomic E-state index is 4.88. The number of fused-ring (bicyclic) bond motifs is 1. The number of rotatable bonds is 3. The van der Waals surface area contributed by atoms with Crippen LogP contribution < -0.4 is 5.32 Å². The molecular weight excluding hydrogens is 425 g/mol. The maximum atomic E-state index is 4.88. The zero-order chi connectivity index (χ0) is 17.1. The van der Waals surface area contributed by atoms with E-state index in [0.29, 0.717) is 18.4 Å². The third kappa shape index (κ3) is 4.65. The summed E-state index contributed by atoms with van der Waals surface area (Å²) in [5, 5.41) is 3.46. The molecule has 1 aromatic carbocycles. The quantitative estimate of drug-likeness (QED) is 0.437. The fraction of sp³-hybridized carbons (Fsp3) is 0.579. The van der Waals surface area contributed by atoms with Gasteiger partial charge >= 0.3 is 0 Å². The van der Waals surface area contributed by atoms with Gasteiger partial charge in [0.15, 0.2) is 5.96 Å². The predicted molar refractivity (Wildman–Crippen MR) is 115 cm³/mol. The van der Waals surface area contributed by atoms with Crippen molar-refractivity contribution in [3.63, 3.8) is 0 Å². The number of likely N-dealkylation sites (tertiary alicyclic amines) is 1. The molecular formula is C19H30IN5. The van der Waals surface area contributed by atoms with Crippen LogP contribution >= 0.6 is 24.0 Å². The highest BCUT2D eigenvalue weighted by molar-refractivity contribution is 14.0. The first kappa shape index (κ1) is 20.0. The van der Waals surface area contributed by atoms with Gasteiger partial charge in [-0.1, -0.05) is 26.0 Å². The standard InChI is InChI=1S/C19H29N5.HI/c1-5-20-19(24-12-14(2)10-15(3)13-24)21-11-18-22-16-8-6-7-9-17(16)23(18)4;/h6-9,14-15H,5,10-13H2,1-4H3,(H,20,21);1H. The summed E-state index contributed by atoms with van der Waals surface area (Å²) >= 11 is 0. The number of aromatic nitrogens is 2. The number of guanidine groups is 1. The Bertz CT molecular complexity index is 714. The van der Waals surface area contributed by atoms with Gasteiger partial charge in [-0.2, -0.15) is 0 Å². The van der Waals surface area contributed by atoms with Crippen molar-refractivity contribution in [2.75, 3.05) is 19.6 Å². The Labute approximate surface area is 167 Å². The molecule has 1 saturated heterocycles. The highest BCUT2D eigenvalue weighted by atomic mass is 127. The molecule has 5 nitrogen and oxygen atoms in total. The van der Waals surface area contributed by atoms with E-state index in [2.05, 4.69) is 60.8 Å². The summed E-state index contributed by atoms with van der Waals surface area (Å²) < 4.78 is 2.14. The molecule has 2 heterocycles. The van der Waals surface area contributed by atoms with Gasteiger partial charge in [-0.3, -0.25) is 0 Å². The maximum Gasteiger partial charge on any atom is 0.194 e. The number of imidazole rings is 1. The molecule has 0 bridgehead atoms. The number of nitrogens with zero attached hydrogens (tertiary/aromatic N) is 4. The number of para-hydroxylation sites is 2. The Kier molecular flexibility index (Phi) is 7.10. The minimum atomic E-state index is 0. The van der Waals surface area contributed by atoms with Crippen molar-refractivity contribution < 1.29 is 0 Å².